The van der Waals surface area contributed by atoms with Gasteiger partial charge in [0.2, 0.25) is 0 Å². The van der Waals surface area contributed by atoms with E-state index in [0.29, 0.717) is 17.1 Å². The summed E-state index contributed by atoms with van der Waals surface area (Å²) in [5, 5.41) is 0.980. The molecule has 1 aliphatic heterocycles. The van der Waals surface area contributed by atoms with Crippen molar-refractivity contribution in [3.05, 3.63) is 77.5 Å². The van der Waals surface area contributed by atoms with Gasteiger partial charge < -0.3 is 9.42 Å². The lowest BCUT2D eigenvalue weighted by Gasteiger charge is -2.37. The van der Waals surface area contributed by atoms with E-state index in [-0.39, 0.29) is 32.8 Å². The second kappa shape index (κ2) is 9.24. The van der Waals surface area contributed by atoms with Crippen LogP contribution in [0.2, 0.25) is 20.1 Å². The molecule has 0 radical (unpaired) electrons. The summed E-state index contributed by atoms with van der Waals surface area (Å²) >= 11 is 24.4. The van der Waals surface area contributed by atoms with Gasteiger partial charge >= 0.3 is 17.5 Å². The fourth-order valence-corrected chi connectivity index (χ4v) is 5.04. The third-order valence-electron chi connectivity index (χ3n) is 6.24. The van der Waals surface area contributed by atoms with Crippen molar-refractivity contribution in [1.82, 2.24) is 14.2 Å². The Bertz CT molecular complexity index is 1430. The summed E-state index contributed by atoms with van der Waals surface area (Å²) < 4.78 is 7.21. The first-order valence-electron chi connectivity index (χ1n) is 10.8. The first kappa shape index (κ1) is 25.7. The largest absolute Gasteiger partial charge is 0.447 e. The van der Waals surface area contributed by atoms with E-state index >= 15 is 0 Å². The minimum Gasteiger partial charge on any atom is -0.314 e. The zero-order chi connectivity index (χ0) is 25.8. The summed E-state index contributed by atoms with van der Waals surface area (Å²) in [5.41, 5.74) is -1.18. The van der Waals surface area contributed by atoms with E-state index in [9.17, 15) is 14.4 Å². The second-order valence-electron chi connectivity index (χ2n) is 8.80. The van der Waals surface area contributed by atoms with E-state index in [4.69, 9.17) is 50.9 Å². The number of nitrogens with zero attached hydrogens (tertiary/aromatic N) is 4. The molecule has 1 fully saturated rings. The number of benzene rings is 2. The number of halogens is 4. The van der Waals surface area contributed by atoms with Gasteiger partial charge in [-0.15, -0.1) is 4.74 Å². The molecule has 2 unspecified atom stereocenters. The Morgan fingerprint density at radius 1 is 0.914 bits per heavy atom. The van der Waals surface area contributed by atoms with Crippen molar-refractivity contribution in [3.63, 3.8) is 0 Å². The van der Waals surface area contributed by atoms with Crippen molar-refractivity contribution in [2.45, 2.75) is 51.9 Å². The van der Waals surface area contributed by atoms with Gasteiger partial charge in [0.15, 0.2) is 6.17 Å². The Kier molecular flexibility index (Phi) is 6.79. The number of carbonyl (C=O) groups is 1. The third-order valence-corrected chi connectivity index (χ3v) is 7.72. The molecular formula is C23H22Cl4N4O4. The Balaban J connectivity index is 1.95. The topological polar surface area (TPSA) is 80.7 Å². The summed E-state index contributed by atoms with van der Waals surface area (Å²) in [5.74, 6) is -0.937. The van der Waals surface area contributed by atoms with Gasteiger partial charge in [0.05, 0.1) is 31.3 Å². The number of hydrogen-bond donors (Lipinski definition) is 0. The van der Waals surface area contributed by atoms with Crippen molar-refractivity contribution in [2.24, 2.45) is 0 Å². The van der Waals surface area contributed by atoms with Crippen LogP contribution in [0.5, 0.6) is 0 Å². The summed E-state index contributed by atoms with van der Waals surface area (Å²) in [6.45, 7) is 7.48. The van der Waals surface area contributed by atoms with Gasteiger partial charge in [0, 0.05) is 11.7 Å². The van der Waals surface area contributed by atoms with Gasteiger partial charge in [-0.1, -0.05) is 53.3 Å². The van der Waals surface area contributed by atoms with E-state index in [1.165, 1.54) is 29.2 Å². The van der Waals surface area contributed by atoms with Gasteiger partial charge in [0.25, 0.3) is 0 Å². The Hall–Kier alpha value is -2.39. The van der Waals surface area contributed by atoms with Crippen LogP contribution < -0.4 is 16.3 Å². The summed E-state index contributed by atoms with van der Waals surface area (Å²) in [6, 6.07) is 8.50. The molecule has 2 heterocycles. The first-order valence-corrected chi connectivity index (χ1v) is 12.3. The molecule has 1 aromatic heterocycles. The molecule has 35 heavy (non-hydrogen) atoms. The highest BCUT2D eigenvalue weighted by Gasteiger charge is 2.56. The van der Waals surface area contributed by atoms with Crippen molar-refractivity contribution in [1.29, 1.82) is 0 Å². The number of urea groups is 1. The highest BCUT2D eigenvalue weighted by atomic mass is 35.5. The molecule has 186 valence electrons. The second-order valence-corrected chi connectivity index (χ2v) is 10.4. The molecule has 8 nitrogen and oxygen atoms in total. The maximum Gasteiger partial charge on any atom is 0.447 e. The average molecular weight is 560 g/mol. The Labute approximate surface area is 221 Å². The third kappa shape index (κ3) is 4.16. The molecule has 0 saturated carbocycles. The summed E-state index contributed by atoms with van der Waals surface area (Å²) in [7, 11) is 0. The van der Waals surface area contributed by atoms with E-state index in [2.05, 4.69) is 0 Å². The molecule has 12 heteroatoms. The Morgan fingerprint density at radius 2 is 1.46 bits per heavy atom. The quantitative estimate of drug-likeness (QED) is 0.371. The molecule has 2 atom stereocenters. The molecule has 3 aromatic rings. The van der Waals surface area contributed by atoms with Crippen LogP contribution in [0.1, 0.15) is 40.3 Å². The number of anilines is 1. The average Bonchev–Trinajstić information content (AvgIpc) is 3.19. The van der Waals surface area contributed by atoms with Gasteiger partial charge in [-0.05, 0) is 63.6 Å². The summed E-state index contributed by atoms with van der Waals surface area (Å²) in [6.07, 6.45) is -0.356. The molecule has 0 N–H and O–H groups in total. The molecule has 0 aliphatic carbocycles. The highest BCUT2D eigenvalue weighted by molar-refractivity contribution is 6.42. The lowest BCUT2D eigenvalue weighted by molar-refractivity contribution is 0.0756. The molecule has 1 saturated heterocycles. The fraction of sp³-hybridized carbons (Fsp3) is 0.348. The van der Waals surface area contributed by atoms with Crippen molar-refractivity contribution in [3.8, 4) is 5.69 Å². The lowest BCUT2D eigenvalue weighted by Crippen LogP contribution is -2.50. The van der Waals surface area contributed by atoms with E-state index in [1.54, 1.807) is 17.0 Å². The normalized spacial score (nSPS) is 18.4. The monoisotopic (exact) mass is 558 g/mol. The zero-order valence-corrected chi connectivity index (χ0v) is 22.3. The van der Waals surface area contributed by atoms with Crippen LogP contribution in [0, 0.1) is 0 Å². The van der Waals surface area contributed by atoms with Crippen LogP contribution >= 0.6 is 46.4 Å². The molecule has 1 aliphatic rings. The molecule has 2 aromatic carbocycles. The van der Waals surface area contributed by atoms with Gasteiger partial charge in [0.1, 0.15) is 0 Å². The smallest absolute Gasteiger partial charge is 0.314 e. The van der Waals surface area contributed by atoms with Gasteiger partial charge in [-0.25, -0.2) is 14.4 Å². The van der Waals surface area contributed by atoms with Crippen molar-refractivity contribution < 1.29 is 9.32 Å². The highest BCUT2D eigenvalue weighted by Crippen LogP contribution is 2.44. The molecule has 0 bridgehead atoms. The SMILES string of the molecule is CCC(C)N1C(=O)N(c2ccc(Cl)c(Cl)c2)C(n2oc(=O)n(-c3ccc(Cl)c(Cl)c3)c2=O)C1(C)C. The number of hydrogen-bond acceptors (Lipinski definition) is 4. The maximum absolute atomic E-state index is 13.8. The van der Waals surface area contributed by atoms with Crippen molar-refractivity contribution >= 4 is 58.1 Å². The predicted molar refractivity (Wildman–Crippen MR) is 138 cm³/mol. The van der Waals surface area contributed by atoms with Crippen LogP contribution in [0.4, 0.5) is 10.5 Å². The van der Waals surface area contributed by atoms with Crippen LogP contribution in [0.25, 0.3) is 5.69 Å². The number of rotatable bonds is 5. The Morgan fingerprint density at radius 3 is 2.00 bits per heavy atom. The van der Waals surface area contributed by atoms with Crippen LogP contribution in [0.3, 0.4) is 0 Å². The molecule has 0 spiro atoms. The fourth-order valence-electron chi connectivity index (χ4n) is 4.46. The molecule has 4 rings (SSSR count). The van der Waals surface area contributed by atoms with Crippen LogP contribution in [-0.2, 0) is 0 Å². The van der Waals surface area contributed by atoms with Crippen molar-refractivity contribution in [2.75, 3.05) is 4.90 Å². The predicted octanol–water partition coefficient (Wildman–Crippen LogP) is 6.22. The van der Waals surface area contributed by atoms with E-state index in [1.807, 2.05) is 27.7 Å². The minimum atomic E-state index is -1.02. The maximum atomic E-state index is 13.8. The lowest BCUT2D eigenvalue weighted by atomic mass is 9.98. The summed E-state index contributed by atoms with van der Waals surface area (Å²) in [4.78, 5) is 43.2. The number of carbonyl (C=O) groups excluding carboxylic acids is 1. The zero-order valence-electron chi connectivity index (χ0n) is 19.3. The molecule has 2 amide bonds. The van der Waals surface area contributed by atoms with Crippen LogP contribution in [0.15, 0.2) is 50.5 Å². The van der Waals surface area contributed by atoms with E-state index in [0.717, 1.165) is 9.31 Å². The minimum absolute atomic E-state index is 0.167. The van der Waals surface area contributed by atoms with Gasteiger partial charge in [-0.2, -0.15) is 4.57 Å². The van der Waals surface area contributed by atoms with E-state index < -0.39 is 23.2 Å². The first-order chi connectivity index (χ1) is 16.4. The standard InChI is InChI=1S/C23H22Cl4N4O4/c1-5-12(2)30-20(32)28(13-6-8-15(24)17(26)10-13)19(23(30,3)4)31-21(33)29(22(34)35-31)14-7-9-16(25)18(27)11-14/h6-12,19H,5H2,1-4H3. The molecular weight excluding hydrogens is 538 g/mol. The van der Waals surface area contributed by atoms with Gasteiger partial charge in [-0.3, -0.25) is 4.90 Å². The van der Waals surface area contributed by atoms with Crippen LogP contribution in [-0.4, -0.2) is 31.8 Å². The number of aromatic nitrogens is 2. The number of amides is 2.